The molecule has 1 unspecified atom stereocenters. The second-order valence-electron chi connectivity index (χ2n) is 4.18. The molecular formula is C13H16F2O2. The topological polar surface area (TPSA) is 26.3 Å². The first-order chi connectivity index (χ1) is 8.04. The molecule has 0 amide bonds. The van der Waals surface area contributed by atoms with E-state index in [1.807, 2.05) is 6.92 Å². The Morgan fingerprint density at radius 3 is 2.47 bits per heavy atom. The van der Waals surface area contributed by atoms with Crippen molar-refractivity contribution in [1.29, 1.82) is 0 Å². The maximum absolute atomic E-state index is 13.3. The maximum atomic E-state index is 13.3. The van der Waals surface area contributed by atoms with E-state index in [4.69, 9.17) is 4.74 Å². The second kappa shape index (κ2) is 6.45. The van der Waals surface area contributed by atoms with E-state index in [2.05, 4.69) is 0 Å². The summed E-state index contributed by atoms with van der Waals surface area (Å²) >= 11 is 0. The Balaban J connectivity index is 2.62. The first kappa shape index (κ1) is 13.8. The summed E-state index contributed by atoms with van der Waals surface area (Å²) in [6.45, 7) is 2.32. The van der Waals surface area contributed by atoms with Crippen LogP contribution in [-0.2, 0) is 16.0 Å². The van der Waals surface area contributed by atoms with E-state index >= 15 is 0 Å². The van der Waals surface area contributed by atoms with Gasteiger partial charge in [0, 0.05) is 32.1 Å². The molecule has 1 aromatic rings. The average Bonchev–Trinajstić information content (AvgIpc) is 2.24. The van der Waals surface area contributed by atoms with Crippen LogP contribution in [0.1, 0.15) is 18.9 Å². The van der Waals surface area contributed by atoms with E-state index in [1.54, 1.807) is 7.11 Å². The van der Waals surface area contributed by atoms with Crippen molar-refractivity contribution in [2.75, 3.05) is 13.7 Å². The summed E-state index contributed by atoms with van der Waals surface area (Å²) in [5.41, 5.74) is -0.151. The predicted octanol–water partition coefficient (Wildman–Crippen LogP) is 2.75. The van der Waals surface area contributed by atoms with Gasteiger partial charge in [0.2, 0.25) is 0 Å². The van der Waals surface area contributed by atoms with E-state index in [9.17, 15) is 13.6 Å². The van der Waals surface area contributed by atoms with Crippen LogP contribution < -0.4 is 0 Å². The van der Waals surface area contributed by atoms with Gasteiger partial charge in [-0.25, -0.2) is 8.78 Å². The van der Waals surface area contributed by atoms with E-state index in [0.29, 0.717) is 6.61 Å². The van der Waals surface area contributed by atoms with Gasteiger partial charge < -0.3 is 4.74 Å². The quantitative estimate of drug-likeness (QED) is 0.766. The molecule has 1 rings (SSSR count). The summed E-state index contributed by atoms with van der Waals surface area (Å²) in [5, 5.41) is 0. The number of ketones is 1. The molecule has 0 radical (unpaired) electrons. The number of Topliss-reactive ketones (excluding diaryl/α,β-unsaturated/α-hetero) is 1. The largest absolute Gasteiger partial charge is 0.384 e. The van der Waals surface area contributed by atoms with Gasteiger partial charge in [0.25, 0.3) is 0 Å². The number of carbonyl (C=O) groups is 1. The van der Waals surface area contributed by atoms with Gasteiger partial charge in [-0.15, -0.1) is 0 Å². The van der Waals surface area contributed by atoms with Gasteiger partial charge >= 0.3 is 0 Å². The number of benzene rings is 1. The number of methoxy groups -OCH3 is 1. The van der Waals surface area contributed by atoms with Crippen LogP contribution in [0.4, 0.5) is 8.78 Å². The van der Waals surface area contributed by atoms with Crippen LogP contribution in [0.5, 0.6) is 0 Å². The van der Waals surface area contributed by atoms with E-state index in [0.717, 1.165) is 12.1 Å². The molecule has 0 heterocycles. The highest BCUT2D eigenvalue weighted by Gasteiger charge is 2.15. The lowest BCUT2D eigenvalue weighted by atomic mass is 10.00. The zero-order valence-corrected chi connectivity index (χ0v) is 10.0. The van der Waals surface area contributed by atoms with Gasteiger partial charge in [-0.1, -0.05) is 13.0 Å². The molecular weight excluding hydrogens is 226 g/mol. The fourth-order valence-corrected chi connectivity index (χ4v) is 1.70. The van der Waals surface area contributed by atoms with Crippen LogP contribution in [-0.4, -0.2) is 19.5 Å². The lowest BCUT2D eigenvalue weighted by molar-refractivity contribution is -0.119. The van der Waals surface area contributed by atoms with Gasteiger partial charge in [0.05, 0.1) is 0 Å². The van der Waals surface area contributed by atoms with Crippen LogP contribution >= 0.6 is 0 Å². The molecule has 17 heavy (non-hydrogen) atoms. The molecule has 0 fully saturated rings. The molecule has 0 aromatic heterocycles. The van der Waals surface area contributed by atoms with Crippen LogP contribution in [0, 0.1) is 17.6 Å². The summed E-state index contributed by atoms with van der Waals surface area (Å²) in [6.07, 6.45) is 0.0637. The molecule has 0 aliphatic carbocycles. The molecule has 2 nitrogen and oxygen atoms in total. The summed E-state index contributed by atoms with van der Waals surface area (Å²) in [7, 11) is 1.55. The van der Waals surface area contributed by atoms with Crippen molar-refractivity contribution in [3.05, 3.63) is 35.4 Å². The fourth-order valence-electron chi connectivity index (χ4n) is 1.70. The van der Waals surface area contributed by atoms with Crippen molar-refractivity contribution in [3.63, 3.8) is 0 Å². The molecule has 0 aliphatic rings. The first-order valence-corrected chi connectivity index (χ1v) is 5.48. The van der Waals surface area contributed by atoms with Gasteiger partial charge in [0.1, 0.15) is 17.4 Å². The first-order valence-electron chi connectivity index (χ1n) is 5.48. The molecule has 0 aliphatic heterocycles. The average molecular weight is 242 g/mol. The summed E-state index contributed by atoms with van der Waals surface area (Å²) in [5.74, 6) is -1.46. The third kappa shape index (κ3) is 4.23. The summed E-state index contributed by atoms with van der Waals surface area (Å²) in [4.78, 5) is 11.6. The van der Waals surface area contributed by atoms with Crippen molar-refractivity contribution in [2.24, 2.45) is 5.92 Å². The zero-order chi connectivity index (χ0) is 12.8. The number of rotatable bonds is 6. The third-order valence-electron chi connectivity index (χ3n) is 2.46. The van der Waals surface area contributed by atoms with Crippen molar-refractivity contribution >= 4 is 5.78 Å². The van der Waals surface area contributed by atoms with Crippen molar-refractivity contribution < 1.29 is 18.3 Å². The smallest absolute Gasteiger partial charge is 0.137 e. The predicted molar refractivity (Wildman–Crippen MR) is 60.7 cm³/mol. The molecule has 1 aromatic carbocycles. The van der Waals surface area contributed by atoms with Gasteiger partial charge in [-0.3, -0.25) is 4.79 Å². The number of hydrogen-bond acceptors (Lipinski definition) is 2. The SMILES string of the molecule is COCC(C)CC(=O)Cc1c(F)cccc1F. The van der Waals surface area contributed by atoms with E-state index in [-0.39, 0.29) is 30.1 Å². The lowest BCUT2D eigenvalue weighted by Crippen LogP contribution is -2.13. The molecule has 1 atom stereocenters. The standard InChI is InChI=1S/C13H16F2O2/c1-9(8-17-2)6-10(16)7-11-12(14)4-3-5-13(11)15/h3-5,9H,6-8H2,1-2H3. The maximum Gasteiger partial charge on any atom is 0.137 e. The van der Waals surface area contributed by atoms with E-state index < -0.39 is 11.6 Å². The van der Waals surface area contributed by atoms with Crippen LogP contribution in [0.3, 0.4) is 0 Å². The Labute approximate surface area is 99.6 Å². The zero-order valence-electron chi connectivity index (χ0n) is 10.0. The number of carbonyl (C=O) groups excluding carboxylic acids is 1. The molecule has 0 saturated heterocycles. The van der Waals surface area contributed by atoms with Crippen LogP contribution in [0.15, 0.2) is 18.2 Å². The highest BCUT2D eigenvalue weighted by molar-refractivity contribution is 5.81. The van der Waals surface area contributed by atoms with Crippen molar-refractivity contribution in [3.8, 4) is 0 Å². The normalized spacial score (nSPS) is 12.5. The van der Waals surface area contributed by atoms with Gasteiger partial charge in [-0.05, 0) is 18.1 Å². The van der Waals surface area contributed by atoms with Crippen molar-refractivity contribution in [2.45, 2.75) is 19.8 Å². The Morgan fingerprint density at radius 2 is 1.94 bits per heavy atom. The second-order valence-corrected chi connectivity index (χ2v) is 4.18. The Bertz CT molecular complexity index is 371. The molecule has 0 spiro atoms. The summed E-state index contributed by atoms with van der Waals surface area (Å²) < 4.78 is 31.5. The van der Waals surface area contributed by atoms with Gasteiger partial charge in [0.15, 0.2) is 0 Å². The molecule has 0 saturated carbocycles. The van der Waals surface area contributed by atoms with Gasteiger partial charge in [-0.2, -0.15) is 0 Å². The third-order valence-corrected chi connectivity index (χ3v) is 2.46. The minimum Gasteiger partial charge on any atom is -0.384 e. The molecule has 4 heteroatoms. The Morgan fingerprint density at radius 1 is 1.35 bits per heavy atom. The molecule has 0 N–H and O–H groups in total. The highest BCUT2D eigenvalue weighted by atomic mass is 19.1. The van der Waals surface area contributed by atoms with Crippen LogP contribution in [0.25, 0.3) is 0 Å². The summed E-state index contributed by atoms with van der Waals surface area (Å²) in [6, 6.07) is 3.60. The van der Waals surface area contributed by atoms with Crippen molar-refractivity contribution in [1.82, 2.24) is 0 Å². The number of ether oxygens (including phenoxy) is 1. The molecule has 0 bridgehead atoms. The highest BCUT2D eigenvalue weighted by Crippen LogP contribution is 2.15. The Kier molecular flexibility index (Phi) is 5.22. The fraction of sp³-hybridized carbons (Fsp3) is 0.462. The Hall–Kier alpha value is -1.29. The molecule has 94 valence electrons. The minimum atomic E-state index is -0.669. The monoisotopic (exact) mass is 242 g/mol. The number of hydrogen-bond donors (Lipinski definition) is 0. The lowest BCUT2D eigenvalue weighted by Gasteiger charge is -2.09. The van der Waals surface area contributed by atoms with E-state index in [1.165, 1.54) is 6.07 Å². The number of halogens is 2. The minimum absolute atomic E-state index is 0.0577. The van der Waals surface area contributed by atoms with Crippen LogP contribution in [0.2, 0.25) is 0 Å².